The van der Waals surface area contributed by atoms with E-state index >= 15 is 0 Å². The Hall–Kier alpha value is -1.31. The zero-order chi connectivity index (χ0) is 11.1. The predicted octanol–water partition coefficient (Wildman–Crippen LogP) is 3.12. The van der Waals surface area contributed by atoms with Crippen LogP contribution in [0.3, 0.4) is 0 Å². The summed E-state index contributed by atoms with van der Waals surface area (Å²) in [4.78, 5) is 10.3. The second-order valence-corrected chi connectivity index (χ2v) is 1.73. The van der Waals surface area contributed by atoms with Gasteiger partial charge in [0.1, 0.15) is 0 Å². The molecule has 0 aliphatic carbocycles. The molecular formula is C11H20O2. The van der Waals surface area contributed by atoms with Gasteiger partial charge in [0.15, 0.2) is 0 Å². The zero-order valence-electron chi connectivity index (χ0n) is 8.55. The van der Waals surface area contributed by atoms with E-state index in [1.54, 1.807) is 0 Å². The van der Waals surface area contributed by atoms with Crippen LogP contribution >= 0.6 is 0 Å². The molecular weight excluding hydrogens is 164 g/mol. The van der Waals surface area contributed by atoms with E-state index < -0.39 is 0 Å². The predicted molar refractivity (Wildman–Crippen MR) is 58.6 cm³/mol. The number of unbranched alkanes of at least 4 members (excludes halogenated alkanes) is 1. The first-order valence-electron chi connectivity index (χ1n) is 4.10. The van der Waals surface area contributed by atoms with Crippen LogP contribution in [0.25, 0.3) is 0 Å². The zero-order valence-corrected chi connectivity index (χ0v) is 8.55. The summed E-state index contributed by atoms with van der Waals surface area (Å²) < 4.78 is 4.67. The van der Waals surface area contributed by atoms with Crippen molar-refractivity contribution in [1.82, 2.24) is 0 Å². The van der Waals surface area contributed by atoms with Gasteiger partial charge in [0.2, 0.25) is 0 Å². The Kier molecular flexibility index (Phi) is 30.5. The molecule has 76 valence electrons. The molecule has 0 saturated heterocycles. The number of ether oxygens (including phenoxy) is 1. The van der Waals surface area contributed by atoms with Crippen molar-refractivity contribution in [2.24, 2.45) is 0 Å². The Balaban J connectivity index is -0.000000218. The molecule has 2 nitrogen and oxygen atoms in total. The Morgan fingerprint density at radius 1 is 1.31 bits per heavy atom. The Labute approximate surface area is 81.6 Å². The van der Waals surface area contributed by atoms with Crippen molar-refractivity contribution >= 4 is 5.97 Å². The molecule has 0 saturated carbocycles. The highest BCUT2D eigenvalue weighted by Gasteiger charge is 1.91. The highest BCUT2D eigenvalue weighted by atomic mass is 16.5. The average molecular weight is 184 g/mol. The van der Waals surface area contributed by atoms with Gasteiger partial charge in [0.25, 0.3) is 0 Å². The van der Waals surface area contributed by atoms with Crippen molar-refractivity contribution in [3.8, 4) is 0 Å². The van der Waals surface area contributed by atoms with Crippen molar-refractivity contribution in [3.05, 3.63) is 39.0 Å². The smallest absolute Gasteiger partial charge is 0.330 e. The van der Waals surface area contributed by atoms with Gasteiger partial charge < -0.3 is 4.74 Å². The van der Waals surface area contributed by atoms with E-state index in [9.17, 15) is 4.79 Å². The molecule has 0 aromatic heterocycles. The van der Waals surface area contributed by atoms with Gasteiger partial charge in [-0.3, -0.25) is 0 Å². The molecule has 0 fully saturated rings. The Bertz CT molecular complexity index is 117. The normalized spacial score (nSPS) is 6.54. The molecule has 0 heterocycles. The third-order valence-corrected chi connectivity index (χ3v) is 0.909. The maximum atomic E-state index is 10.3. The monoisotopic (exact) mass is 184 g/mol. The summed E-state index contributed by atoms with van der Waals surface area (Å²) in [5.41, 5.74) is 0. The summed E-state index contributed by atoms with van der Waals surface area (Å²) in [7, 11) is 0. The first-order chi connectivity index (χ1) is 6.31. The lowest BCUT2D eigenvalue weighted by molar-refractivity contribution is -0.137. The molecule has 0 aliphatic rings. The second kappa shape index (κ2) is 22.4. The maximum absolute atomic E-state index is 10.3. The minimum atomic E-state index is -0.330. The van der Waals surface area contributed by atoms with Crippen molar-refractivity contribution in [1.29, 1.82) is 0 Å². The summed E-state index contributed by atoms with van der Waals surface area (Å²) in [5.74, 6) is -0.330. The first kappa shape index (κ1) is 17.7. The van der Waals surface area contributed by atoms with E-state index in [2.05, 4.69) is 37.6 Å². The van der Waals surface area contributed by atoms with Gasteiger partial charge in [-0.25, -0.2) is 4.79 Å². The van der Waals surface area contributed by atoms with E-state index in [-0.39, 0.29) is 5.97 Å². The second-order valence-electron chi connectivity index (χ2n) is 1.73. The lowest BCUT2D eigenvalue weighted by atomic mass is 10.4. The molecule has 0 aromatic rings. The standard InChI is InChI=1S/C7H12O2.2C2H4/c1-3-5-6-9-7(8)4-2;2*1-2/h4H,2-3,5-6H2,1H3;2*1-2H2. The molecule has 0 aromatic carbocycles. The quantitative estimate of drug-likeness (QED) is 0.290. The highest BCUT2D eigenvalue weighted by molar-refractivity contribution is 5.81. The van der Waals surface area contributed by atoms with Crippen molar-refractivity contribution < 1.29 is 9.53 Å². The molecule has 0 spiro atoms. The SMILES string of the molecule is C=C.C=C.C=CC(=O)OCCCC. The fourth-order valence-corrected chi connectivity index (χ4v) is 0.376. The fourth-order valence-electron chi connectivity index (χ4n) is 0.376. The molecule has 13 heavy (non-hydrogen) atoms. The topological polar surface area (TPSA) is 26.3 Å². The molecule has 0 radical (unpaired) electrons. The fraction of sp³-hybridized carbons (Fsp3) is 0.364. The van der Waals surface area contributed by atoms with Gasteiger partial charge in [-0.1, -0.05) is 19.9 Å². The van der Waals surface area contributed by atoms with Crippen molar-refractivity contribution in [2.75, 3.05) is 6.61 Å². The van der Waals surface area contributed by atoms with Crippen LogP contribution in [0.15, 0.2) is 39.0 Å². The van der Waals surface area contributed by atoms with Crippen molar-refractivity contribution in [3.63, 3.8) is 0 Å². The van der Waals surface area contributed by atoms with Gasteiger partial charge in [0.05, 0.1) is 6.61 Å². The maximum Gasteiger partial charge on any atom is 0.330 e. The van der Waals surface area contributed by atoms with E-state index in [1.807, 2.05) is 6.92 Å². The lowest BCUT2D eigenvalue weighted by Crippen LogP contribution is -2.00. The van der Waals surface area contributed by atoms with E-state index in [0.717, 1.165) is 12.8 Å². The molecule has 0 aliphatic heterocycles. The third kappa shape index (κ3) is 24.9. The van der Waals surface area contributed by atoms with Crippen molar-refractivity contribution in [2.45, 2.75) is 19.8 Å². The summed E-state index contributed by atoms with van der Waals surface area (Å²) in [5, 5.41) is 0. The molecule has 0 rings (SSSR count). The third-order valence-electron chi connectivity index (χ3n) is 0.909. The number of rotatable bonds is 4. The average Bonchev–Trinajstić information content (AvgIpc) is 2.24. The minimum Gasteiger partial charge on any atom is -0.463 e. The van der Waals surface area contributed by atoms with Crippen LogP contribution in [0.2, 0.25) is 0 Å². The summed E-state index contributed by atoms with van der Waals surface area (Å²) in [6.45, 7) is 17.8. The van der Waals surface area contributed by atoms with Crippen LogP contribution in [0, 0.1) is 0 Å². The van der Waals surface area contributed by atoms with Gasteiger partial charge in [-0.05, 0) is 6.42 Å². The number of hydrogen-bond donors (Lipinski definition) is 0. The number of hydrogen-bond acceptors (Lipinski definition) is 2. The lowest BCUT2D eigenvalue weighted by Gasteiger charge is -1.97. The Morgan fingerprint density at radius 3 is 2.08 bits per heavy atom. The first-order valence-corrected chi connectivity index (χ1v) is 4.10. The van der Waals surface area contributed by atoms with Crippen LogP contribution in [-0.2, 0) is 9.53 Å². The van der Waals surface area contributed by atoms with E-state index in [1.165, 1.54) is 6.08 Å². The number of carbonyl (C=O) groups is 1. The molecule has 0 amide bonds. The van der Waals surface area contributed by atoms with Crippen LogP contribution < -0.4 is 0 Å². The van der Waals surface area contributed by atoms with Crippen LogP contribution in [0.5, 0.6) is 0 Å². The summed E-state index contributed by atoms with van der Waals surface area (Å²) >= 11 is 0. The van der Waals surface area contributed by atoms with Crippen LogP contribution in [-0.4, -0.2) is 12.6 Å². The molecule has 0 bridgehead atoms. The van der Waals surface area contributed by atoms with E-state index in [4.69, 9.17) is 0 Å². The van der Waals surface area contributed by atoms with Gasteiger partial charge in [-0.15, -0.1) is 26.3 Å². The Morgan fingerprint density at radius 2 is 1.77 bits per heavy atom. The minimum absolute atomic E-state index is 0.330. The molecule has 0 unspecified atom stereocenters. The number of esters is 1. The van der Waals surface area contributed by atoms with Gasteiger partial charge in [-0.2, -0.15) is 0 Å². The molecule has 0 atom stereocenters. The summed E-state index contributed by atoms with van der Waals surface area (Å²) in [6, 6.07) is 0. The molecule has 0 N–H and O–H groups in total. The van der Waals surface area contributed by atoms with Crippen LogP contribution in [0.1, 0.15) is 19.8 Å². The molecule has 2 heteroatoms. The van der Waals surface area contributed by atoms with Gasteiger partial charge in [0, 0.05) is 6.08 Å². The van der Waals surface area contributed by atoms with Gasteiger partial charge >= 0.3 is 5.97 Å². The van der Waals surface area contributed by atoms with Crippen LogP contribution in [0.4, 0.5) is 0 Å². The van der Waals surface area contributed by atoms with E-state index in [0.29, 0.717) is 6.61 Å². The summed E-state index contributed by atoms with van der Waals surface area (Å²) in [6.07, 6.45) is 3.15. The highest BCUT2D eigenvalue weighted by Crippen LogP contribution is 1.88. The number of carbonyl (C=O) groups excluding carboxylic acids is 1. The largest absolute Gasteiger partial charge is 0.463 e.